The molecule has 0 amide bonds. The Morgan fingerprint density at radius 2 is 1.84 bits per heavy atom. The molecule has 1 aromatic carbocycles. The van der Waals surface area contributed by atoms with E-state index in [0.717, 1.165) is 19.8 Å². The average molecular weight is 261 g/mol. The van der Waals surface area contributed by atoms with Gasteiger partial charge in [0, 0.05) is 18.0 Å². The maximum Gasteiger partial charge on any atom is 0.0717 e. The molecule has 0 atom stereocenters. The van der Waals surface area contributed by atoms with Gasteiger partial charge in [0.15, 0.2) is 0 Å². The van der Waals surface area contributed by atoms with E-state index in [2.05, 4.69) is 49.5 Å². The van der Waals surface area contributed by atoms with Gasteiger partial charge in [0.1, 0.15) is 0 Å². The summed E-state index contributed by atoms with van der Waals surface area (Å²) >= 11 is 0. The van der Waals surface area contributed by atoms with Crippen molar-refractivity contribution in [2.75, 3.05) is 13.2 Å². The monoisotopic (exact) mass is 261 g/mol. The predicted molar refractivity (Wildman–Crippen MR) is 80.1 cm³/mol. The molecule has 0 bridgehead atoms. The smallest absolute Gasteiger partial charge is 0.0717 e. The highest BCUT2D eigenvalue weighted by atomic mass is 16.5. The summed E-state index contributed by atoms with van der Waals surface area (Å²) in [5.41, 5.74) is 1.64. The van der Waals surface area contributed by atoms with Crippen LogP contribution in [0, 0.1) is 5.41 Å². The van der Waals surface area contributed by atoms with Crippen molar-refractivity contribution in [3.63, 3.8) is 0 Å². The quantitative estimate of drug-likeness (QED) is 0.807. The molecule has 1 aliphatic carbocycles. The molecule has 0 spiro atoms. The van der Waals surface area contributed by atoms with Crippen LogP contribution in [0.5, 0.6) is 0 Å². The molecule has 0 heterocycles. The van der Waals surface area contributed by atoms with Gasteiger partial charge in [0.05, 0.1) is 13.2 Å². The number of ether oxygens (including phenoxy) is 1. The Kier molecular flexibility index (Phi) is 5.41. The molecule has 19 heavy (non-hydrogen) atoms. The summed E-state index contributed by atoms with van der Waals surface area (Å²) in [5, 5.41) is 3.60. The molecule has 2 nitrogen and oxygen atoms in total. The maximum absolute atomic E-state index is 6.00. The van der Waals surface area contributed by atoms with Crippen LogP contribution in [0.25, 0.3) is 0 Å². The van der Waals surface area contributed by atoms with Crippen LogP contribution in [0.2, 0.25) is 0 Å². The molecule has 0 aliphatic heterocycles. The van der Waals surface area contributed by atoms with E-state index in [0.29, 0.717) is 11.5 Å². The largest absolute Gasteiger partial charge is 0.376 e. The number of nitrogens with one attached hydrogen (secondary N) is 1. The third-order valence-corrected chi connectivity index (χ3v) is 4.07. The molecule has 0 unspecified atom stereocenters. The van der Waals surface area contributed by atoms with Crippen LogP contribution in [0.1, 0.15) is 45.1 Å². The zero-order chi connectivity index (χ0) is 13.6. The van der Waals surface area contributed by atoms with E-state index in [9.17, 15) is 0 Å². The first-order chi connectivity index (χ1) is 9.20. The van der Waals surface area contributed by atoms with E-state index < -0.39 is 0 Å². The second kappa shape index (κ2) is 7.06. The summed E-state index contributed by atoms with van der Waals surface area (Å²) in [6.45, 7) is 7.16. The first kappa shape index (κ1) is 14.5. The number of rotatable bonds is 7. The molecule has 1 saturated carbocycles. The van der Waals surface area contributed by atoms with Crippen molar-refractivity contribution >= 4 is 0 Å². The van der Waals surface area contributed by atoms with Crippen LogP contribution < -0.4 is 5.32 Å². The molecular weight excluding hydrogens is 234 g/mol. The van der Waals surface area contributed by atoms with Gasteiger partial charge in [-0.2, -0.15) is 0 Å². The van der Waals surface area contributed by atoms with E-state index in [-0.39, 0.29) is 0 Å². The van der Waals surface area contributed by atoms with Gasteiger partial charge in [-0.25, -0.2) is 0 Å². The van der Waals surface area contributed by atoms with E-state index in [1.54, 1.807) is 0 Å². The van der Waals surface area contributed by atoms with Crippen molar-refractivity contribution < 1.29 is 4.74 Å². The van der Waals surface area contributed by atoms with E-state index in [1.165, 1.54) is 31.2 Å². The third-order valence-electron chi connectivity index (χ3n) is 4.07. The molecule has 0 radical (unpaired) electrons. The van der Waals surface area contributed by atoms with Crippen molar-refractivity contribution in [1.82, 2.24) is 5.32 Å². The zero-order valence-electron chi connectivity index (χ0n) is 12.3. The van der Waals surface area contributed by atoms with Gasteiger partial charge in [-0.3, -0.25) is 0 Å². The minimum Gasteiger partial charge on any atom is -0.376 e. The van der Waals surface area contributed by atoms with Crippen molar-refractivity contribution in [3.05, 3.63) is 35.9 Å². The van der Waals surface area contributed by atoms with Crippen LogP contribution >= 0.6 is 0 Å². The Hall–Kier alpha value is -0.860. The van der Waals surface area contributed by atoms with Gasteiger partial charge < -0.3 is 10.1 Å². The molecule has 106 valence electrons. The zero-order valence-corrected chi connectivity index (χ0v) is 12.3. The Morgan fingerprint density at radius 1 is 1.16 bits per heavy atom. The molecule has 2 heteroatoms. The summed E-state index contributed by atoms with van der Waals surface area (Å²) in [6, 6.07) is 11.0. The summed E-state index contributed by atoms with van der Waals surface area (Å²) in [7, 11) is 0. The van der Waals surface area contributed by atoms with Gasteiger partial charge in [-0.1, -0.05) is 57.0 Å². The normalized spacial score (nSPS) is 18.1. The summed E-state index contributed by atoms with van der Waals surface area (Å²) in [4.78, 5) is 0. The lowest BCUT2D eigenvalue weighted by Crippen LogP contribution is -2.39. The highest BCUT2D eigenvalue weighted by molar-refractivity contribution is 5.13. The fourth-order valence-electron chi connectivity index (χ4n) is 2.88. The molecule has 1 aliphatic rings. The minimum atomic E-state index is 0.374. The number of hydrogen-bond donors (Lipinski definition) is 1. The van der Waals surface area contributed by atoms with Crippen molar-refractivity contribution in [1.29, 1.82) is 0 Å². The highest BCUT2D eigenvalue weighted by Crippen LogP contribution is 2.38. The molecule has 2 rings (SSSR count). The predicted octanol–water partition coefficient (Wildman–Crippen LogP) is 3.76. The standard InChI is InChI=1S/C17H27NO/c1-15(2)18-13-17(10-6-7-11-17)14-19-12-16-8-4-3-5-9-16/h3-5,8-9,15,18H,6-7,10-14H2,1-2H3. The van der Waals surface area contributed by atoms with Gasteiger partial charge >= 0.3 is 0 Å². The molecule has 0 aromatic heterocycles. The van der Waals surface area contributed by atoms with Gasteiger partial charge in [-0.15, -0.1) is 0 Å². The topological polar surface area (TPSA) is 21.3 Å². The number of hydrogen-bond acceptors (Lipinski definition) is 2. The maximum atomic E-state index is 6.00. The SMILES string of the molecule is CC(C)NCC1(COCc2ccccc2)CCCC1. The van der Waals surface area contributed by atoms with E-state index >= 15 is 0 Å². The van der Waals surface area contributed by atoms with Crippen LogP contribution in [0.4, 0.5) is 0 Å². The van der Waals surface area contributed by atoms with E-state index in [4.69, 9.17) is 4.74 Å². The fourth-order valence-corrected chi connectivity index (χ4v) is 2.88. The lowest BCUT2D eigenvalue weighted by atomic mass is 9.87. The van der Waals surface area contributed by atoms with Gasteiger partial charge in [-0.05, 0) is 18.4 Å². The van der Waals surface area contributed by atoms with Crippen molar-refractivity contribution in [3.8, 4) is 0 Å². The second-order valence-electron chi connectivity index (χ2n) is 6.22. The molecule has 1 N–H and O–H groups in total. The Bertz CT molecular complexity index is 355. The van der Waals surface area contributed by atoms with Gasteiger partial charge in [0.2, 0.25) is 0 Å². The summed E-state index contributed by atoms with van der Waals surface area (Å²) in [6.07, 6.45) is 5.33. The van der Waals surface area contributed by atoms with Crippen molar-refractivity contribution in [2.24, 2.45) is 5.41 Å². The van der Waals surface area contributed by atoms with Crippen molar-refractivity contribution in [2.45, 2.75) is 52.2 Å². The number of benzene rings is 1. The Balaban J connectivity index is 1.80. The Morgan fingerprint density at radius 3 is 2.47 bits per heavy atom. The lowest BCUT2D eigenvalue weighted by molar-refractivity contribution is 0.0351. The molecule has 1 fully saturated rings. The first-order valence-electron chi connectivity index (χ1n) is 7.55. The average Bonchev–Trinajstić information content (AvgIpc) is 2.87. The summed E-state index contributed by atoms with van der Waals surface area (Å²) in [5.74, 6) is 0. The minimum absolute atomic E-state index is 0.374. The fraction of sp³-hybridized carbons (Fsp3) is 0.647. The molecule has 0 saturated heterocycles. The van der Waals surface area contributed by atoms with Crippen LogP contribution in [0.3, 0.4) is 0 Å². The summed E-state index contributed by atoms with van der Waals surface area (Å²) < 4.78 is 6.00. The van der Waals surface area contributed by atoms with Crippen LogP contribution in [-0.2, 0) is 11.3 Å². The molecular formula is C17H27NO. The highest BCUT2D eigenvalue weighted by Gasteiger charge is 2.33. The third kappa shape index (κ3) is 4.63. The van der Waals surface area contributed by atoms with Crippen LogP contribution in [0.15, 0.2) is 30.3 Å². The first-order valence-corrected chi connectivity index (χ1v) is 7.55. The Labute approximate surface area is 117 Å². The van der Waals surface area contributed by atoms with Gasteiger partial charge in [0.25, 0.3) is 0 Å². The van der Waals surface area contributed by atoms with E-state index in [1.807, 2.05) is 0 Å². The second-order valence-corrected chi connectivity index (χ2v) is 6.22. The molecule has 1 aromatic rings. The van der Waals surface area contributed by atoms with Crippen LogP contribution in [-0.4, -0.2) is 19.2 Å². The lowest BCUT2D eigenvalue weighted by Gasteiger charge is -2.30.